The SMILES string of the molecule is COc1cc(C(C)(C)CC(=O)O)c(Br)cc1OC1CCCC1. The van der Waals surface area contributed by atoms with E-state index in [-0.39, 0.29) is 12.5 Å². The molecule has 1 aliphatic carbocycles. The van der Waals surface area contributed by atoms with Crippen molar-refractivity contribution in [3.05, 3.63) is 22.2 Å². The lowest BCUT2D eigenvalue weighted by atomic mass is 9.81. The largest absolute Gasteiger partial charge is 0.493 e. The lowest BCUT2D eigenvalue weighted by molar-refractivity contribution is -0.138. The van der Waals surface area contributed by atoms with Gasteiger partial charge in [-0.1, -0.05) is 29.8 Å². The highest BCUT2D eigenvalue weighted by atomic mass is 79.9. The monoisotopic (exact) mass is 370 g/mol. The molecular weight excluding hydrogens is 348 g/mol. The van der Waals surface area contributed by atoms with Crippen LogP contribution in [-0.4, -0.2) is 24.3 Å². The fraction of sp³-hybridized carbons (Fsp3) is 0.588. The van der Waals surface area contributed by atoms with Crippen LogP contribution >= 0.6 is 15.9 Å². The van der Waals surface area contributed by atoms with E-state index in [9.17, 15) is 4.79 Å². The molecule has 0 bridgehead atoms. The minimum atomic E-state index is -0.817. The van der Waals surface area contributed by atoms with E-state index in [0.717, 1.165) is 28.6 Å². The van der Waals surface area contributed by atoms with Gasteiger partial charge in [-0.15, -0.1) is 0 Å². The first-order chi connectivity index (χ1) is 10.3. The van der Waals surface area contributed by atoms with Gasteiger partial charge in [-0.05, 0) is 43.4 Å². The molecule has 0 radical (unpaired) electrons. The second-order valence-corrected chi connectivity index (χ2v) is 7.32. The molecular formula is C17H23BrO4. The van der Waals surface area contributed by atoms with Crippen molar-refractivity contribution in [2.24, 2.45) is 0 Å². The molecule has 0 atom stereocenters. The number of carbonyl (C=O) groups is 1. The van der Waals surface area contributed by atoms with Crippen molar-refractivity contribution >= 4 is 21.9 Å². The van der Waals surface area contributed by atoms with Crippen LogP contribution in [-0.2, 0) is 10.2 Å². The van der Waals surface area contributed by atoms with E-state index in [1.807, 2.05) is 26.0 Å². The molecule has 0 heterocycles. The molecule has 0 unspecified atom stereocenters. The predicted octanol–water partition coefficient (Wildman–Crippen LogP) is 4.53. The van der Waals surface area contributed by atoms with Crippen LogP contribution in [0.25, 0.3) is 0 Å². The summed E-state index contributed by atoms with van der Waals surface area (Å²) < 4.78 is 12.4. The first-order valence-electron chi connectivity index (χ1n) is 7.60. The maximum atomic E-state index is 11.1. The van der Waals surface area contributed by atoms with E-state index in [1.54, 1.807) is 7.11 Å². The standard InChI is InChI=1S/C17H23BrO4/c1-17(2,10-16(19)20)12-8-14(21-3)15(9-13(12)18)22-11-6-4-5-7-11/h8-9,11H,4-7,10H2,1-3H3,(H,19,20). The van der Waals surface area contributed by atoms with Gasteiger partial charge < -0.3 is 14.6 Å². The van der Waals surface area contributed by atoms with Gasteiger partial charge in [0.2, 0.25) is 0 Å². The van der Waals surface area contributed by atoms with E-state index in [0.29, 0.717) is 5.75 Å². The van der Waals surface area contributed by atoms with Crippen LogP contribution < -0.4 is 9.47 Å². The number of benzene rings is 1. The van der Waals surface area contributed by atoms with Crippen molar-refractivity contribution in [3.63, 3.8) is 0 Å². The van der Waals surface area contributed by atoms with Crippen LogP contribution in [0.5, 0.6) is 11.5 Å². The summed E-state index contributed by atoms with van der Waals surface area (Å²) in [6, 6.07) is 3.79. The van der Waals surface area contributed by atoms with E-state index >= 15 is 0 Å². The second-order valence-electron chi connectivity index (χ2n) is 6.46. The highest BCUT2D eigenvalue weighted by molar-refractivity contribution is 9.10. The van der Waals surface area contributed by atoms with Gasteiger partial charge in [0, 0.05) is 9.89 Å². The molecule has 1 fully saturated rings. The number of hydrogen-bond acceptors (Lipinski definition) is 3. The van der Waals surface area contributed by atoms with Crippen LogP contribution in [0.3, 0.4) is 0 Å². The molecule has 2 rings (SSSR count). The van der Waals surface area contributed by atoms with Crippen molar-refractivity contribution < 1.29 is 19.4 Å². The first-order valence-corrected chi connectivity index (χ1v) is 8.39. The van der Waals surface area contributed by atoms with Crippen molar-refractivity contribution in [1.82, 2.24) is 0 Å². The molecule has 22 heavy (non-hydrogen) atoms. The summed E-state index contributed by atoms with van der Waals surface area (Å²) >= 11 is 3.56. The number of carboxylic acids is 1. The summed E-state index contributed by atoms with van der Waals surface area (Å²) in [4.78, 5) is 11.1. The molecule has 0 spiro atoms. The predicted molar refractivity (Wildman–Crippen MR) is 88.9 cm³/mol. The summed E-state index contributed by atoms with van der Waals surface area (Å²) in [5.41, 5.74) is 0.412. The Morgan fingerprint density at radius 3 is 2.50 bits per heavy atom. The zero-order valence-corrected chi connectivity index (χ0v) is 14.9. The third kappa shape index (κ3) is 3.94. The minimum Gasteiger partial charge on any atom is -0.493 e. The molecule has 1 aromatic rings. The maximum absolute atomic E-state index is 11.1. The zero-order chi connectivity index (χ0) is 16.3. The van der Waals surface area contributed by atoms with Crippen molar-refractivity contribution in [2.45, 2.75) is 57.5 Å². The highest BCUT2D eigenvalue weighted by Gasteiger charge is 2.28. The normalized spacial score (nSPS) is 15.8. The molecule has 4 nitrogen and oxygen atoms in total. The van der Waals surface area contributed by atoms with Gasteiger partial charge in [0.15, 0.2) is 11.5 Å². The van der Waals surface area contributed by atoms with Crippen LogP contribution in [0.4, 0.5) is 0 Å². The van der Waals surface area contributed by atoms with E-state index in [4.69, 9.17) is 14.6 Å². The second kappa shape index (κ2) is 6.90. The molecule has 0 aromatic heterocycles. The van der Waals surface area contributed by atoms with E-state index in [1.165, 1.54) is 12.8 Å². The fourth-order valence-corrected chi connectivity index (χ4v) is 3.82. The number of carboxylic acid groups (broad SMARTS) is 1. The number of halogens is 1. The molecule has 0 amide bonds. The summed E-state index contributed by atoms with van der Waals surface area (Å²) in [5, 5.41) is 9.10. The summed E-state index contributed by atoms with van der Waals surface area (Å²) in [6.45, 7) is 3.83. The quantitative estimate of drug-likeness (QED) is 0.798. The zero-order valence-electron chi connectivity index (χ0n) is 13.3. The Kier molecular flexibility index (Phi) is 5.37. The van der Waals surface area contributed by atoms with Crippen molar-refractivity contribution in [1.29, 1.82) is 0 Å². The van der Waals surface area contributed by atoms with Crippen LogP contribution in [0.1, 0.15) is 51.5 Å². The molecule has 1 aromatic carbocycles. The number of rotatable bonds is 6. The molecule has 1 aliphatic rings. The van der Waals surface area contributed by atoms with Gasteiger partial charge in [0.05, 0.1) is 19.6 Å². The third-order valence-corrected chi connectivity index (χ3v) is 4.83. The van der Waals surface area contributed by atoms with E-state index < -0.39 is 11.4 Å². The summed E-state index contributed by atoms with van der Waals surface area (Å²) in [6.07, 6.45) is 4.87. The summed E-state index contributed by atoms with van der Waals surface area (Å²) in [7, 11) is 1.61. The lowest BCUT2D eigenvalue weighted by Crippen LogP contribution is -2.22. The number of aliphatic carboxylic acids is 1. The fourth-order valence-electron chi connectivity index (χ4n) is 2.96. The van der Waals surface area contributed by atoms with Crippen molar-refractivity contribution in [2.75, 3.05) is 7.11 Å². The van der Waals surface area contributed by atoms with Gasteiger partial charge in [-0.2, -0.15) is 0 Å². The number of methoxy groups -OCH3 is 1. The number of ether oxygens (including phenoxy) is 2. The Hall–Kier alpha value is -1.23. The molecule has 122 valence electrons. The first kappa shape index (κ1) is 17.1. The molecule has 0 aliphatic heterocycles. The maximum Gasteiger partial charge on any atom is 0.304 e. The molecule has 1 saturated carbocycles. The smallest absolute Gasteiger partial charge is 0.304 e. The van der Waals surface area contributed by atoms with Crippen LogP contribution in [0, 0.1) is 0 Å². The molecule has 0 saturated heterocycles. The third-order valence-electron chi connectivity index (χ3n) is 4.17. The van der Waals surface area contributed by atoms with Crippen LogP contribution in [0.15, 0.2) is 16.6 Å². The minimum absolute atomic E-state index is 0.0532. The Labute approximate surface area is 139 Å². The molecule has 5 heteroatoms. The average molecular weight is 371 g/mol. The van der Waals surface area contributed by atoms with Gasteiger partial charge in [0.1, 0.15) is 0 Å². The molecule has 1 N–H and O–H groups in total. The summed E-state index contributed by atoms with van der Waals surface area (Å²) in [5.74, 6) is 0.557. The Morgan fingerprint density at radius 2 is 1.95 bits per heavy atom. The number of hydrogen-bond donors (Lipinski definition) is 1. The van der Waals surface area contributed by atoms with Gasteiger partial charge in [-0.3, -0.25) is 4.79 Å². The highest BCUT2D eigenvalue weighted by Crippen LogP contribution is 2.41. The Morgan fingerprint density at radius 1 is 1.32 bits per heavy atom. The lowest BCUT2D eigenvalue weighted by Gasteiger charge is -2.26. The Bertz CT molecular complexity index is 548. The van der Waals surface area contributed by atoms with Gasteiger partial charge in [0.25, 0.3) is 0 Å². The van der Waals surface area contributed by atoms with Gasteiger partial charge >= 0.3 is 5.97 Å². The topological polar surface area (TPSA) is 55.8 Å². The van der Waals surface area contributed by atoms with Crippen LogP contribution in [0.2, 0.25) is 0 Å². The van der Waals surface area contributed by atoms with E-state index in [2.05, 4.69) is 15.9 Å². The average Bonchev–Trinajstić information content (AvgIpc) is 2.90. The Balaban J connectivity index is 2.31. The van der Waals surface area contributed by atoms with Gasteiger partial charge in [-0.25, -0.2) is 0 Å². The van der Waals surface area contributed by atoms with Crippen molar-refractivity contribution in [3.8, 4) is 11.5 Å².